The lowest BCUT2D eigenvalue weighted by atomic mass is 10.1. The Morgan fingerprint density at radius 1 is 1.30 bits per heavy atom. The monoisotopic (exact) mass is 307 g/mol. The predicted molar refractivity (Wildman–Crippen MR) is 84.9 cm³/mol. The van der Waals surface area contributed by atoms with Crippen LogP contribution < -0.4 is 4.74 Å². The van der Waals surface area contributed by atoms with Crippen molar-refractivity contribution >= 4 is 5.91 Å². The van der Waals surface area contributed by atoms with Crippen LogP contribution in [-0.2, 0) is 0 Å². The number of aromatic nitrogens is 1. The van der Waals surface area contributed by atoms with E-state index in [0.717, 1.165) is 19.4 Å². The molecule has 1 aromatic heterocycles. The molecule has 5 nitrogen and oxygen atoms in total. The number of nitrogens with zero attached hydrogens (tertiary/aromatic N) is 3. The lowest BCUT2D eigenvalue weighted by Gasteiger charge is -2.32. The zero-order valence-corrected chi connectivity index (χ0v) is 12.7. The van der Waals surface area contributed by atoms with Gasteiger partial charge in [-0.2, -0.15) is 5.26 Å². The summed E-state index contributed by atoms with van der Waals surface area (Å²) in [4.78, 5) is 18.5. The van der Waals surface area contributed by atoms with Gasteiger partial charge in [0.25, 0.3) is 5.91 Å². The zero-order chi connectivity index (χ0) is 16.1. The van der Waals surface area contributed by atoms with Crippen LogP contribution in [0.15, 0.2) is 48.7 Å². The van der Waals surface area contributed by atoms with Gasteiger partial charge >= 0.3 is 0 Å². The minimum absolute atomic E-state index is 0.0256. The first-order valence-electron chi connectivity index (χ1n) is 7.63. The van der Waals surface area contributed by atoms with Crippen LogP contribution in [0.4, 0.5) is 0 Å². The highest BCUT2D eigenvalue weighted by molar-refractivity contribution is 5.94. The zero-order valence-electron chi connectivity index (χ0n) is 12.7. The van der Waals surface area contributed by atoms with Crippen LogP contribution >= 0.6 is 0 Å². The van der Waals surface area contributed by atoms with E-state index in [1.165, 1.54) is 0 Å². The second kappa shape index (κ2) is 6.93. The molecule has 0 saturated carbocycles. The molecule has 116 valence electrons. The normalized spacial score (nSPS) is 17.3. The van der Waals surface area contributed by atoms with Crippen molar-refractivity contribution in [1.29, 1.82) is 5.26 Å². The average molecular weight is 307 g/mol. The summed E-state index contributed by atoms with van der Waals surface area (Å²) in [6.07, 6.45) is 3.22. The van der Waals surface area contributed by atoms with Crippen LogP contribution in [0.5, 0.6) is 5.88 Å². The van der Waals surface area contributed by atoms with Crippen molar-refractivity contribution in [1.82, 2.24) is 9.88 Å². The Morgan fingerprint density at radius 3 is 2.91 bits per heavy atom. The van der Waals surface area contributed by atoms with Crippen molar-refractivity contribution < 1.29 is 9.53 Å². The maximum atomic E-state index is 12.5. The van der Waals surface area contributed by atoms with Gasteiger partial charge < -0.3 is 9.64 Å². The van der Waals surface area contributed by atoms with Crippen molar-refractivity contribution in [2.75, 3.05) is 13.1 Å². The molecule has 23 heavy (non-hydrogen) atoms. The third kappa shape index (κ3) is 3.67. The van der Waals surface area contributed by atoms with E-state index in [1.807, 2.05) is 35.2 Å². The summed E-state index contributed by atoms with van der Waals surface area (Å²) in [5.41, 5.74) is 1.21. The number of piperidine rings is 1. The highest BCUT2D eigenvalue weighted by Crippen LogP contribution is 2.19. The number of hydrogen-bond donors (Lipinski definition) is 0. The highest BCUT2D eigenvalue weighted by atomic mass is 16.5. The Morgan fingerprint density at radius 2 is 2.13 bits per heavy atom. The summed E-state index contributed by atoms with van der Waals surface area (Å²) >= 11 is 0. The number of pyridine rings is 1. The fourth-order valence-corrected chi connectivity index (χ4v) is 2.70. The van der Waals surface area contributed by atoms with E-state index in [2.05, 4.69) is 11.1 Å². The Kier molecular flexibility index (Phi) is 4.53. The van der Waals surface area contributed by atoms with E-state index >= 15 is 0 Å². The van der Waals surface area contributed by atoms with Gasteiger partial charge in [0, 0.05) is 24.4 Å². The first kappa shape index (κ1) is 15.0. The molecule has 0 radical (unpaired) electrons. The molecule has 1 saturated heterocycles. The van der Waals surface area contributed by atoms with Crippen molar-refractivity contribution in [2.45, 2.75) is 18.9 Å². The van der Waals surface area contributed by atoms with Crippen molar-refractivity contribution in [3.05, 3.63) is 59.8 Å². The largest absolute Gasteiger partial charge is 0.472 e. The van der Waals surface area contributed by atoms with E-state index in [1.54, 1.807) is 18.3 Å². The minimum atomic E-state index is -0.0992. The number of carbonyl (C=O) groups is 1. The van der Waals surface area contributed by atoms with Crippen LogP contribution in [0.1, 0.15) is 28.8 Å². The Labute approximate surface area is 135 Å². The lowest BCUT2D eigenvalue weighted by Crippen LogP contribution is -2.44. The molecule has 1 fully saturated rings. The quantitative estimate of drug-likeness (QED) is 0.874. The molecule has 1 amide bonds. The SMILES string of the molecule is N#Cc1ccnc(OC2CCCN(C(=O)c3ccccc3)C2)c1. The molecule has 0 aliphatic carbocycles. The summed E-state index contributed by atoms with van der Waals surface area (Å²) in [6, 6.07) is 14.6. The molecule has 0 spiro atoms. The van der Waals surface area contributed by atoms with E-state index in [-0.39, 0.29) is 12.0 Å². The number of benzene rings is 1. The number of nitriles is 1. The molecule has 1 aliphatic heterocycles. The van der Waals surface area contributed by atoms with Gasteiger partial charge in [0.15, 0.2) is 0 Å². The molecular formula is C18H17N3O2. The van der Waals surface area contributed by atoms with E-state index in [0.29, 0.717) is 23.6 Å². The van der Waals surface area contributed by atoms with Gasteiger partial charge in [-0.05, 0) is 31.0 Å². The van der Waals surface area contributed by atoms with Crippen molar-refractivity contribution in [3.8, 4) is 11.9 Å². The Bertz CT molecular complexity index is 725. The highest BCUT2D eigenvalue weighted by Gasteiger charge is 2.25. The van der Waals surface area contributed by atoms with Gasteiger partial charge in [0.2, 0.25) is 5.88 Å². The first-order chi connectivity index (χ1) is 11.3. The van der Waals surface area contributed by atoms with Crippen molar-refractivity contribution in [3.63, 3.8) is 0 Å². The van der Waals surface area contributed by atoms with Gasteiger partial charge in [-0.15, -0.1) is 0 Å². The van der Waals surface area contributed by atoms with E-state index in [9.17, 15) is 4.79 Å². The average Bonchev–Trinajstić information content (AvgIpc) is 2.62. The summed E-state index contributed by atoms with van der Waals surface area (Å²) in [7, 11) is 0. The molecule has 0 bridgehead atoms. The maximum absolute atomic E-state index is 12.5. The van der Waals surface area contributed by atoms with Gasteiger partial charge in [0.05, 0.1) is 18.2 Å². The fourth-order valence-electron chi connectivity index (χ4n) is 2.70. The molecule has 1 atom stereocenters. The first-order valence-corrected chi connectivity index (χ1v) is 7.63. The van der Waals surface area contributed by atoms with Crippen LogP contribution in [0.25, 0.3) is 0 Å². The van der Waals surface area contributed by atoms with Gasteiger partial charge in [-0.3, -0.25) is 4.79 Å². The number of likely N-dealkylation sites (tertiary alicyclic amines) is 1. The predicted octanol–water partition coefficient (Wildman–Crippen LogP) is 2.64. The third-order valence-electron chi connectivity index (χ3n) is 3.84. The van der Waals surface area contributed by atoms with E-state index in [4.69, 9.17) is 10.00 Å². The molecule has 2 heterocycles. The van der Waals surface area contributed by atoms with Crippen LogP contribution in [0.3, 0.4) is 0 Å². The third-order valence-corrected chi connectivity index (χ3v) is 3.84. The van der Waals surface area contributed by atoms with Gasteiger partial charge in [-0.1, -0.05) is 18.2 Å². The van der Waals surface area contributed by atoms with Crippen molar-refractivity contribution in [2.24, 2.45) is 0 Å². The number of carbonyl (C=O) groups excluding carboxylic acids is 1. The van der Waals surface area contributed by atoms with Crippen LogP contribution in [-0.4, -0.2) is 35.0 Å². The van der Waals surface area contributed by atoms with E-state index < -0.39 is 0 Å². The molecule has 0 N–H and O–H groups in total. The number of ether oxygens (including phenoxy) is 1. The molecule has 1 aromatic carbocycles. The molecule has 2 aromatic rings. The second-order valence-corrected chi connectivity index (χ2v) is 5.49. The Balaban J connectivity index is 1.66. The number of rotatable bonds is 3. The number of hydrogen-bond acceptors (Lipinski definition) is 4. The molecule has 1 unspecified atom stereocenters. The fraction of sp³-hybridized carbons (Fsp3) is 0.278. The minimum Gasteiger partial charge on any atom is -0.472 e. The molecular weight excluding hydrogens is 290 g/mol. The molecule has 5 heteroatoms. The van der Waals surface area contributed by atoms with Crippen LogP contribution in [0.2, 0.25) is 0 Å². The number of amides is 1. The van der Waals surface area contributed by atoms with Gasteiger partial charge in [0.1, 0.15) is 6.10 Å². The molecule has 1 aliphatic rings. The summed E-state index contributed by atoms with van der Waals surface area (Å²) in [5, 5.41) is 8.92. The second-order valence-electron chi connectivity index (χ2n) is 5.49. The molecule has 3 rings (SSSR count). The smallest absolute Gasteiger partial charge is 0.253 e. The Hall–Kier alpha value is -2.87. The van der Waals surface area contributed by atoms with Gasteiger partial charge in [-0.25, -0.2) is 4.98 Å². The standard InChI is InChI=1S/C18H17N3O2/c19-12-14-8-9-20-17(11-14)23-16-7-4-10-21(13-16)18(22)15-5-2-1-3-6-15/h1-3,5-6,8-9,11,16H,4,7,10,13H2. The lowest BCUT2D eigenvalue weighted by molar-refractivity contribution is 0.0527. The maximum Gasteiger partial charge on any atom is 0.253 e. The summed E-state index contributed by atoms with van der Waals surface area (Å²) < 4.78 is 5.86. The topological polar surface area (TPSA) is 66.2 Å². The van der Waals surface area contributed by atoms with Crippen LogP contribution in [0, 0.1) is 11.3 Å². The summed E-state index contributed by atoms with van der Waals surface area (Å²) in [6.45, 7) is 1.27. The summed E-state index contributed by atoms with van der Waals surface area (Å²) in [5.74, 6) is 0.459.